The third kappa shape index (κ3) is 6.42. The number of hydrogen-bond acceptors (Lipinski definition) is 5. The molecule has 0 bridgehead atoms. The Bertz CT molecular complexity index is 995. The zero-order valence-electron chi connectivity index (χ0n) is 20.5. The number of halogens is 1. The van der Waals surface area contributed by atoms with Crippen LogP contribution in [0.3, 0.4) is 0 Å². The van der Waals surface area contributed by atoms with Crippen LogP contribution in [0.4, 0.5) is 4.79 Å². The molecule has 0 radical (unpaired) electrons. The zero-order valence-corrected chi connectivity index (χ0v) is 22.1. The molecule has 3 heterocycles. The first-order chi connectivity index (χ1) is 16.2. The van der Waals surface area contributed by atoms with Crippen molar-refractivity contribution in [2.24, 2.45) is 5.92 Å². The van der Waals surface area contributed by atoms with Gasteiger partial charge in [0.05, 0.1) is 10.0 Å². The van der Waals surface area contributed by atoms with Crippen LogP contribution in [-0.4, -0.2) is 45.4 Å². The van der Waals surface area contributed by atoms with Gasteiger partial charge in [-0.15, -0.1) is 11.3 Å². The topological polar surface area (TPSA) is 64.4 Å². The predicted octanol–water partition coefficient (Wildman–Crippen LogP) is 6.72. The summed E-state index contributed by atoms with van der Waals surface area (Å²) in [6.07, 6.45) is 8.39. The van der Waals surface area contributed by atoms with Gasteiger partial charge < -0.3 is 9.64 Å². The number of aromatic nitrogens is 2. The minimum absolute atomic E-state index is 0.0745. The van der Waals surface area contributed by atoms with E-state index < -0.39 is 5.60 Å². The molecule has 4 rings (SSSR count). The molecule has 2 fully saturated rings. The second-order valence-electron chi connectivity index (χ2n) is 10.6. The highest BCUT2D eigenvalue weighted by Gasteiger charge is 2.31. The van der Waals surface area contributed by atoms with Crippen molar-refractivity contribution in [2.75, 3.05) is 13.1 Å². The number of hydrogen-bond donors (Lipinski definition) is 0. The lowest BCUT2D eigenvalue weighted by Crippen LogP contribution is -2.41. The van der Waals surface area contributed by atoms with Gasteiger partial charge in [0, 0.05) is 35.5 Å². The van der Waals surface area contributed by atoms with Crippen molar-refractivity contribution < 1.29 is 14.3 Å². The van der Waals surface area contributed by atoms with Gasteiger partial charge in [-0.2, -0.15) is 5.10 Å². The average molecular weight is 506 g/mol. The molecule has 1 saturated carbocycles. The van der Waals surface area contributed by atoms with Gasteiger partial charge in [-0.25, -0.2) is 9.48 Å². The van der Waals surface area contributed by atoms with Crippen molar-refractivity contribution >= 4 is 34.9 Å². The highest BCUT2D eigenvalue weighted by Crippen LogP contribution is 2.31. The van der Waals surface area contributed by atoms with E-state index >= 15 is 0 Å². The van der Waals surface area contributed by atoms with E-state index in [0.29, 0.717) is 13.1 Å². The summed E-state index contributed by atoms with van der Waals surface area (Å²) in [5.74, 6) is 0.468. The molecule has 1 amide bonds. The Morgan fingerprint density at radius 3 is 2.41 bits per heavy atom. The number of thiophene rings is 1. The number of rotatable bonds is 5. The maximum absolute atomic E-state index is 13.4. The molecule has 1 aliphatic heterocycles. The summed E-state index contributed by atoms with van der Waals surface area (Å²) in [5.41, 5.74) is 1.48. The Kier molecular flexibility index (Phi) is 8.03. The van der Waals surface area contributed by atoms with Gasteiger partial charge in [0.1, 0.15) is 5.60 Å². The third-order valence-corrected chi connectivity index (χ3v) is 8.08. The summed E-state index contributed by atoms with van der Waals surface area (Å²) in [5, 5.41) is 4.87. The summed E-state index contributed by atoms with van der Waals surface area (Å²) < 4.78 is 8.03. The van der Waals surface area contributed by atoms with Crippen LogP contribution in [0.2, 0.25) is 4.34 Å². The standard InChI is InChI=1S/C26H36ClN3O3S/c1-26(2,3)33-25(32)29-15-13-18(14-16-29)22-17-20(9-10-21-11-12-23(27)34-21)30(28-22)24(31)19-7-5-4-6-8-19/h11-12,17-19H,4-10,13-16H2,1-3H3. The number of nitrogens with zero attached hydrogens (tertiary/aromatic N) is 3. The lowest BCUT2D eigenvalue weighted by atomic mass is 9.88. The average Bonchev–Trinajstić information content (AvgIpc) is 3.43. The quantitative estimate of drug-likeness (QED) is 0.452. The number of amides is 1. The molecule has 0 unspecified atom stereocenters. The Hall–Kier alpha value is -1.86. The first-order valence-electron chi connectivity index (χ1n) is 12.5. The molecular weight excluding hydrogens is 470 g/mol. The summed E-state index contributed by atoms with van der Waals surface area (Å²) in [6, 6.07) is 6.11. The second-order valence-corrected chi connectivity index (χ2v) is 12.4. The largest absolute Gasteiger partial charge is 0.444 e. The fourth-order valence-corrected chi connectivity index (χ4v) is 6.04. The number of aryl methyl sites for hydroxylation is 2. The third-order valence-electron chi connectivity index (χ3n) is 6.79. The highest BCUT2D eigenvalue weighted by atomic mass is 35.5. The van der Waals surface area contributed by atoms with E-state index in [1.165, 1.54) is 11.3 Å². The normalized spacial score (nSPS) is 18.3. The van der Waals surface area contributed by atoms with Gasteiger partial charge in [-0.05, 0) is 77.5 Å². The van der Waals surface area contributed by atoms with Crippen LogP contribution in [0.1, 0.15) is 92.7 Å². The van der Waals surface area contributed by atoms with Crippen molar-refractivity contribution in [1.29, 1.82) is 0 Å². The van der Waals surface area contributed by atoms with Crippen LogP contribution in [0.5, 0.6) is 0 Å². The molecule has 1 aliphatic carbocycles. The molecule has 1 saturated heterocycles. The minimum Gasteiger partial charge on any atom is -0.444 e. The maximum atomic E-state index is 13.4. The lowest BCUT2D eigenvalue weighted by molar-refractivity contribution is 0.0204. The van der Waals surface area contributed by atoms with Crippen molar-refractivity contribution in [1.82, 2.24) is 14.7 Å². The Labute approximate surface area is 211 Å². The second kappa shape index (κ2) is 10.8. The van der Waals surface area contributed by atoms with Crippen LogP contribution in [0, 0.1) is 5.92 Å². The number of piperidine rings is 1. The molecule has 0 atom stereocenters. The fourth-order valence-electron chi connectivity index (χ4n) is 4.95. The van der Waals surface area contributed by atoms with E-state index in [0.717, 1.165) is 67.1 Å². The number of carbonyl (C=O) groups excluding carboxylic acids is 2. The summed E-state index contributed by atoms with van der Waals surface area (Å²) >= 11 is 7.70. The molecule has 2 aromatic rings. The van der Waals surface area contributed by atoms with E-state index in [4.69, 9.17) is 21.4 Å². The summed E-state index contributed by atoms with van der Waals surface area (Å²) in [7, 11) is 0. The van der Waals surface area contributed by atoms with Crippen molar-refractivity contribution in [2.45, 2.75) is 90.1 Å². The van der Waals surface area contributed by atoms with Gasteiger partial charge in [-0.3, -0.25) is 4.79 Å². The van der Waals surface area contributed by atoms with Crippen molar-refractivity contribution in [3.63, 3.8) is 0 Å². The minimum atomic E-state index is -0.492. The van der Waals surface area contributed by atoms with Gasteiger partial charge >= 0.3 is 6.09 Å². The maximum Gasteiger partial charge on any atom is 0.410 e. The van der Waals surface area contributed by atoms with Gasteiger partial charge in [0.25, 0.3) is 0 Å². The number of likely N-dealkylation sites (tertiary alicyclic amines) is 1. The van der Waals surface area contributed by atoms with Gasteiger partial charge in [0.2, 0.25) is 5.91 Å². The monoisotopic (exact) mass is 505 g/mol. The Morgan fingerprint density at radius 2 is 1.79 bits per heavy atom. The van der Waals surface area contributed by atoms with Crippen LogP contribution in [0.25, 0.3) is 0 Å². The highest BCUT2D eigenvalue weighted by molar-refractivity contribution is 7.16. The first-order valence-corrected chi connectivity index (χ1v) is 13.7. The van der Waals surface area contributed by atoms with E-state index in [-0.39, 0.29) is 23.8 Å². The molecule has 0 N–H and O–H groups in total. The number of ether oxygens (including phenoxy) is 1. The molecule has 6 nitrogen and oxygen atoms in total. The van der Waals surface area contributed by atoms with Crippen LogP contribution in [-0.2, 0) is 17.6 Å². The molecule has 34 heavy (non-hydrogen) atoms. The Morgan fingerprint density at radius 1 is 1.09 bits per heavy atom. The molecule has 2 aromatic heterocycles. The van der Waals surface area contributed by atoms with E-state index in [1.807, 2.05) is 26.8 Å². The van der Waals surface area contributed by atoms with Gasteiger partial charge in [-0.1, -0.05) is 30.9 Å². The van der Waals surface area contributed by atoms with Crippen molar-refractivity contribution in [3.05, 3.63) is 38.8 Å². The summed E-state index contributed by atoms with van der Waals surface area (Å²) in [6.45, 7) is 6.95. The van der Waals surface area contributed by atoms with Crippen LogP contribution < -0.4 is 0 Å². The van der Waals surface area contributed by atoms with Crippen LogP contribution in [0.15, 0.2) is 18.2 Å². The predicted molar refractivity (Wildman–Crippen MR) is 136 cm³/mol. The molecule has 8 heteroatoms. The first kappa shape index (κ1) is 25.2. The van der Waals surface area contributed by atoms with E-state index in [9.17, 15) is 9.59 Å². The SMILES string of the molecule is CC(C)(C)OC(=O)N1CCC(c2cc(CCc3ccc(Cl)s3)n(C(=O)C3CCCCC3)n2)CC1. The lowest BCUT2D eigenvalue weighted by Gasteiger charge is -2.32. The summed E-state index contributed by atoms with van der Waals surface area (Å²) in [4.78, 5) is 28.9. The smallest absolute Gasteiger partial charge is 0.410 e. The molecular formula is C26H36ClN3O3S. The van der Waals surface area contributed by atoms with Crippen molar-refractivity contribution in [3.8, 4) is 0 Å². The molecule has 186 valence electrons. The van der Waals surface area contributed by atoms with Crippen LogP contribution >= 0.6 is 22.9 Å². The Balaban J connectivity index is 1.47. The molecule has 0 spiro atoms. The van der Waals surface area contributed by atoms with Gasteiger partial charge in [0.15, 0.2) is 0 Å². The molecule has 2 aliphatic rings. The zero-order chi connectivity index (χ0) is 24.3. The van der Waals surface area contributed by atoms with E-state index in [1.54, 1.807) is 20.9 Å². The van der Waals surface area contributed by atoms with E-state index in [2.05, 4.69) is 12.1 Å². The fraction of sp³-hybridized carbons (Fsp3) is 0.654. The molecule has 0 aromatic carbocycles. The number of carbonyl (C=O) groups is 2.